The molecule has 19 heavy (non-hydrogen) atoms. The standard InChI is InChI=1S/C15H24N2O2/c1-4-6-9-17(12(3)5-2)11-13-7-8-16-14(10-13)15(18)19/h7-8,10,12H,4-6,9,11H2,1-3H3,(H,18,19). The molecular formula is C15H24N2O2. The second kappa shape index (κ2) is 7.89. The van der Waals surface area contributed by atoms with E-state index in [1.54, 1.807) is 12.3 Å². The second-order valence-electron chi connectivity index (χ2n) is 4.94. The highest BCUT2D eigenvalue weighted by Crippen LogP contribution is 2.12. The number of aromatic nitrogens is 1. The molecule has 0 aliphatic rings. The van der Waals surface area contributed by atoms with Crippen LogP contribution in [0.1, 0.15) is 56.1 Å². The maximum atomic E-state index is 10.9. The SMILES string of the molecule is CCCCN(Cc1ccnc(C(=O)O)c1)C(C)CC. The lowest BCUT2D eigenvalue weighted by Crippen LogP contribution is -2.33. The van der Waals surface area contributed by atoms with Gasteiger partial charge in [0.1, 0.15) is 5.69 Å². The van der Waals surface area contributed by atoms with Crippen LogP contribution in [-0.2, 0) is 6.54 Å². The Morgan fingerprint density at radius 1 is 1.47 bits per heavy atom. The maximum Gasteiger partial charge on any atom is 0.354 e. The molecule has 0 aliphatic heterocycles. The van der Waals surface area contributed by atoms with Crippen molar-refractivity contribution in [2.24, 2.45) is 0 Å². The van der Waals surface area contributed by atoms with Gasteiger partial charge in [0.25, 0.3) is 0 Å². The second-order valence-corrected chi connectivity index (χ2v) is 4.94. The van der Waals surface area contributed by atoms with Gasteiger partial charge in [0.2, 0.25) is 0 Å². The Kier molecular flexibility index (Phi) is 6.50. The van der Waals surface area contributed by atoms with E-state index in [-0.39, 0.29) is 5.69 Å². The third-order valence-corrected chi connectivity index (χ3v) is 3.44. The van der Waals surface area contributed by atoms with Crippen molar-refractivity contribution in [3.05, 3.63) is 29.6 Å². The number of pyridine rings is 1. The van der Waals surface area contributed by atoms with Crippen molar-refractivity contribution in [2.75, 3.05) is 6.54 Å². The van der Waals surface area contributed by atoms with E-state index >= 15 is 0 Å². The zero-order chi connectivity index (χ0) is 14.3. The first kappa shape index (κ1) is 15.6. The fourth-order valence-electron chi connectivity index (χ4n) is 2.00. The van der Waals surface area contributed by atoms with Gasteiger partial charge in [-0.25, -0.2) is 9.78 Å². The van der Waals surface area contributed by atoms with Gasteiger partial charge < -0.3 is 5.11 Å². The first-order valence-electron chi connectivity index (χ1n) is 7.00. The molecule has 1 aromatic heterocycles. The van der Waals surface area contributed by atoms with E-state index in [1.165, 1.54) is 12.8 Å². The Hall–Kier alpha value is -1.42. The summed E-state index contributed by atoms with van der Waals surface area (Å²) in [4.78, 5) is 17.2. The summed E-state index contributed by atoms with van der Waals surface area (Å²) in [6.07, 6.45) is 5.01. The van der Waals surface area contributed by atoms with Gasteiger partial charge in [0.15, 0.2) is 0 Å². The molecule has 1 heterocycles. The van der Waals surface area contributed by atoms with Crippen molar-refractivity contribution in [3.8, 4) is 0 Å². The normalized spacial score (nSPS) is 12.6. The van der Waals surface area contributed by atoms with Crippen LogP contribution >= 0.6 is 0 Å². The average Bonchev–Trinajstić information content (AvgIpc) is 2.42. The summed E-state index contributed by atoms with van der Waals surface area (Å²) < 4.78 is 0. The van der Waals surface area contributed by atoms with Crippen molar-refractivity contribution < 1.29 is 9.90 Å². The van der Waals surface area contributed by atoms with Crippen LogP contribution in [0.15, 0.2) is 18.3 Å². The lowest BCUT2D eigenvalue weighted by atomic mass is 10.1. The van der Waals surface area contributed by atoms with Gasteiger partial charge >= 0.3 is 5.97 Å². The molecule has 1 N–H and O–H groups in total. The summed E-state index contributed by atoms with van der Waals surface area (Å²) in [6.45, 7) is 8.42. The molecule has 106 valence electrons. The van der Waals surface area contributed by atoms with Crippen molar-refractivity contribution in [2.45, 2.75) is 52.6 Å². The molecule has 0 radical (unpaired) electrons. The summed E-state index contributed by atoms with van der Waals surface area (Å²) in [5, 5.41) is 8.96. The number of unbranched alkanes of at least 4 members (excludes halogenated alkanes) is 1. The Morgan fingerprint density at radius 2 is 2.21 bits per heavy atom. The van der Waals surface area contributed by atoms with E-state index in [1.807, 2.05) is 6.07 Å². The predicted octanol–water partition coefficient (Wildman–Crippen LogP) is 3.18. The number of carbonyl (C=O) groups is 1. The predicted molar refractivity (Wildman–Crippen MR) is 76.3 cm³/mol. The largest absolute Gasteiger partial charge is 0.477 e. The third kappa shape index (κ3) is 4.99. The van der Waals surface area contributed by atoms with Crippen molar-refractivity contribution in [3.63, 3.8) is 0 Å². The van der Waals surface area contributed by atoms with Crippen LogP contribution in [-0.4, -0.2) is 33.5 Å². The third-order valence-electron chi connectivity index (χ3n) is 3.44. The molecule has 1 rings (SSSR count). The van der Waals surface area contributed by atoms with Gasteiger partial charge in [-0.3, -0.25) is 4.90 Å². The number of carboxylic acids is 1. The molecule has 1 atom stereocenters. The molecular weight excluding hydrogens is 240 g/mol. The van der Waals surface area contributed by atoms with Crippen LogP contribution in [0.25, 0.3) is 0 Å². The van der Waals surface area contributed by atoms with Crippen molar-refractivity contribution in [1.82, 2.24) is 9.88 Å². The molecule has 0 fully saturated rings. The molecule has 0 bridgehead atoms. The molecule has 4 heteroatoms. The Bertz CT molecular complexity index is 407. The van der Waals surface area contributed by atoms with Crippen LogP contribution in [0, 0.1) is 0 Å². The molecule has 0 spiro atoms. The lowest BCUT2D eigenvalue weighted by Gasteiger charge is -2.28. The molecule has 4 nitrogen and oxygen atoms in total. The van der Waals surface area contributed by atoms with E-state index in [0.29, 0.717) is 6.04 Å². The van der Waals surface area contributed by atoms with Gasteiger partial charge in [-0.1, -0.05) is 20.3 Å². The number of hydrogen-bond donors (Lipinski definition) is 1. The van der Waals surface area contributed by atoms with Gasteiger partial charge in [0, 0.05) is 18.8 Å². The summed E-state index contributed by atoms with van der Waals surface area (Å²) in [6, 6.07) is 4.07. The first-order chi connectivity index (χ1) is 9.08. The molecule has 1 unspecified atom stereocenters. The maximum absolute atomic E-state index is 10.9. The number of rotatable bonds is 8. The minimum atomic E-state index is -0.967. The highest BCUT2D eigenvalue weighted by Gasteiger charge is 2.13. The number of nitrogens with zero attached hydrogens (tertiary/aromatic N) is 2. The fraction of sp³-hybridized carbons (Fsp3) is 0.600. The van der Waals surface area contributed by atoms with Gasteiger partial charge in [-0.15, -0.1) is 0 Å². The van der Waals surface area contributed by atoms with E-state index in [2.05, 4.69) is 30.7 Å². The topological polar surface area (TPSA) is 53.4 Å². The van der Waals surface area contributed by atoms with Crippen LogP contribution in [0.3, 0.4) is 0 Å². The van der Waals surface area contributed by atoms with E-state index in [0.717, 1.165) is 25.1 Å². The minimum absolute atomic E-state index is 0.122. The molecule has 1 aromatic rings. The van der Waals surface area contributed by atoms with Crippen LogP contribution in [0.5, 0.6) is 0 Å². The number of hydrogen-bond acceptors (Lipinski definition) is 3. The Labute approximate surface area is 115 Å². The summed E-state index contributed by atoms with van der Waals surface area (Å²) in [7, 11) is 0. The van der Waals surface area contributed by atoms with Crippen LogP contribution in [0.4, 0.5) is 0 Å². The number of aromatic carboxylic acids is 1. The Balaban J connectivity index is 2.77. The first-order valence-corrected chi connectivity index (χ1v) is 7.00. The zero-order valence-corrected chi connectivity index (χ0v) is 12.1. The molecule has 0 saturated carbocycles. The fourth-order valence-corrected chi connectivity index (χ4v) is 2.00. The number of carboxylic acid groups (broad SMARTS) is 1. The van der Waals surface area contributed by atoms with Crippen LogP contribution in [0.2, 0.25) is 0 Å². The summed E-state index contributed by atoms with van der Waals surface area (Å²) >= 11 is 0. The van der Waals surface area contributed by atoms with Gasteiger partial charge in [-0.2, -0.15) is 0 Å². The van der Waals surface area contributed by atoms with Crippen molar-refractivity contribution >= 4 is 5.97 Å². The highest BCUT2D eigenvalue weighted by molar-refractivity contribution is 5.85. The monoisotopic (exact) mass is 264 g/mol. The molecule has 0 amide bonds. The molecule has 0 saturated heterocycles. The smallest absolute Gasteiger partial charge is 0.354 e. The quantitative estimate of drug-likeness (QED) is 0.783. The highest BCUT2D eigenvalue weighted by atomic mass is 16.4. The lowest BCUT2D eigenvalue weighted by molar-refractivity contribution is 0.0690. The minimum Gasteiger partial charge on any atom is -0.477 e. The Morgan fingerprint density at radius 3 is 2.79 bits per heavy atom. The van der Waals surface area contributed by atoms with E-state index in [9.17, 15) is 4.79 Å². The molecule has 0 aliphatic carbocycles. The zero-order valence-electron chi connectivity index (χ0n) is 12.1. The van der Waals surface area contributed by atoms with E-state index < -0.39 is 5.97 Å². The van der Waals surface area contributed by atoms with Crippen molar-refractivity contribution in [1.29, 1.82) is 0 Å². The van der Waals surface area contributed by atoms with E-state index in [4.69, 9.17) is 5.11 Å². The summed E-state index contributed by atoms with van der Waals surface area (Å²) in [5.41, 5.74) is 1.14. The molecule has 0 aromatic carbocycles. The summed E-state index contributed by atoms with van der Waals surface area (Å²) in [5.74, 6) is -0.967. The van der Waals surface area contributed by atoms with Crippen LogP contribution < -0.4 is 0 Å². The van der Waals surface area contributed by atoms with Gasteiger partial charge in [0.05, 0.1) is 0 Å². The van der Waals surface area contributed by atoms with Gasteiger partial charge in [-0.05, 0) is 44.0 Å². The average molecular weight is 264 g/mol.